The molecule has 0 N–H and O–H groups in total. The molecule has 26 rings (SSSR count). The van der Waals surface area contributed by atoms with Gasteiger partial charge in [-0.2, -0.15) is 0 Å². The quantitative estimate of drug-likeness (QED) is 0.0952. The normalized spacial score (nSPS) is 11.3. The van der Waals surface area contributed by atoms with E-state index in [-0.39, 0.29) is 0 Å². The highest BCUT2D eigenvalue weighted by atomic mass is 32.1. The minimum Gasteiger partial charge on any atom is -0.455 e. The third-order valence-corrected chi connectivity index (χ3v) is 27.6. The summed E-state index contributed by atoms with van der Waals surface area (Å²) in [7, 11) is 0. The summed E-state index contributed by atoms with van der Waals surface area (Å²) >= 11 is 1.86. The molecule has 8 heteroatoms. The molecule has 656 valence electrons. The molecule has 7 nitrogen and oxygen atoms in total. The molecular weight excluding hydrogens is 1720 g/mol. The second-order valence-electron chi connectivity index (χ2n) is 35.1. The van der Waals surface area contributed by atoms with Crippen molar-refractivity contribution in [2.24, 2.45) is 0 Å². The number of benzene rings is 21. The molecule has 140 heavy (non-hydrogen) atoms. The Morgan fingerprint density at radius 3 is 0.793 bits per heavy atom. The third-order valence-electron chi connectivity index (χ3n) is 26.3. The molecule has 0 aliphatic rings. The Bertz CT molecular complexity index is 8680. The minimum absolute atomic E-state index is 0.700. The molecule has 5 aromatic heterocycles. The summed E-state index contributed by atoms with van der Waals surface area (Å²) in [6, 6.07) is 183. The van der Waals surface area contributed by atoms with Gasteiger partial charge in [-0.05, 0) is 159 Å². The topological polar surface area (TPSA) is 90.5 Å². The first kappa shape index (κ1) is 84.6. The van der Waals surface area contributed by atoms with Gasteiger partial charge >= 0.3 is 0 Å². The number of nitrogens with zero attached hydrogens (tertiary/aromatic N) is 6. The van der Waals surface area contributed by atoms with Gasteiger partial charge in [0.2, 0.25) is 0 Å². The van der Waals surface area contributed by atoms with E-state index >= 15 is 0 Å². The lowest BCUT2D eigenvalue weighted by atomic mass is 9.97. The van der Waals surface area contributed by atoms with Gasteiger partial charge in [0, 0.05) is 86.6 Å². The van der Waals surface area contributed by atoms with Crippen molar-refractivity contribution < 1.29 is 4.42 Å². The Kier molecular flexibility index (Phi) is 22.9. The lowest BCUT2D eigenvalue weighted by Crippen LogP contribution is -1.96. The van der Waals surface area contributed by atoms with Gasteiger partial charge in [-0.25, -0.2) is 29.9 Å². The molecule has 26 aromatic rings. The van der Waals surface area contributed by atoms with Gasteiger partial charge in [0.05, 0.1) is 34.2 Å². The van der Waals surface area contributed by atoms with E-state index in [4.69, 9.17) is 34.3 Å². The molecule has 0 amide bonds. The monoisotopic (exact) mass is 1800 g/mol. The molecule has 0 atom stereocenters. The first-order chi connectivity index (χ1) is 69.3. The maximum atomic E-state index is 6.33. The van der Waals surface area contributed by atoms with Crippen LogP contribution in [-0.2, 0) is 0 Å². The summed E-state index contributed by atoms with van der Waals surface area (Å²) in [5.74, 6) is 2.13. The molecule has 0 unspecified atom stereocenters. The first-order valence-electron chi connectivity index (χ1n) is 47.2. The number of furan rings is 1. The second-order valence-corrected chi connectivity index (χ2v) is 36.2. The summed E-state index contributed by atoms with van der Waals surface area (Å²) in [6.07, 6.45) is 0. The number of thiophene rings is 1. The molecule has 5 heterocycles. The lowest BCUT2D eigenvalue weighted by Gasteiger charge is -2.11. The van der Waals surface area contributed by atoms with Gasteiger partial charge in [0.15, 0.2) is 17.5 Å². The molecule has 0 aliphatic heterocycles. The molecule has 0 radical (unpaired) electrons. The van der Waals surface area contributed by atoms with Crippen LogP contribution in [0.5, 0.6) is 0 Å². The molecule has 0 saturated carbocycles. The summed E-state index contributed by atoms with van der Waals surface area (Å²) in [6.45, 7) is 0. The number of aromatic nitrogens is 6. The molecule has 0 spiro atoms. The zero-order valence-corrected chi connectivity index (χ0v) is 77.0. The molecule has 0 fully saturated rings. The van der Waals surface area contributed by atoms with Crippen LogP contribution in [0.1, 0.15) is 0 Å². The lowest BCUT2D eigenvalue weighted by molar-refractivity contribution is 0.670. The van der Waals surface area contributed by atoms with Gasteiger partial charge in [0.25, 0.3) is 0 Å². The van der Waals surface area contributed by atoms with Crippen LogP contribution < -0.4 is 0 Å². The van der Waals surface area contributed by atoms with Crippen molar-refractivity contribution in [3.63, 3.8) is 0 Å². The fourth-order valence-corrected chi connectivity index (χ4v) is 20.2. The van der Waals surface area contributed by atoms with Crippen molar-refractivity contribution in [3.8, 4) is 180 Å². The second kappa shape index (κ2) is 37.8. The standard InChI is InChI=1S/C44H28N2O.C44H28N2S.C44H30N2/c2*1-2-9-29(10-3-1)31-17-22-33(23-18-31)40-28-41(46-44(45-40)36-26-19-30-11-4-5-12-35(30)27-36)34-24-20-32(21-25-34)37-14-8-15-39-38-13-6-7-16-42(38)47-43(37)39;1-3-10-31(11-4-1)34-18-23-36(24-19-34)42-30-43(46-44(45-42)41-27-22-33-14-7-8-15-38(33)29-41)37-25-20-35(21-26-37)40-17-9-16-39(28-40)32-12-5-2-6-13-32/h2*1-28H;1-30H. The predicted molar refractivity (Wildman–Crippen MR) is 586 cm³/mol. The highest BCUT2D eigenvalue weighted by Gasteiger charge is 2.21. The van der Waals surface area contributed by atoms with E-state index in [1.54, 1.807) is 0 Å². The molecule has 21 aromatic carbocycles. The minimum atomic E-state index is 0.700. The SMILES string of the molecule is c1ccc(-c2ccc(-c3cc(-c4ccc(-c5cccc(-c6ccccc6)c5)cc4)nc(-c4ccc5ccccc5c4)n3)cc2)cc1.c1ccc(-c2ccc(-c3cc(-c4ccc(-c5cccc6c5oc5ccccc56)cc4)nc(-c4ccc5ccccc5c4)n3)cc2)cc1.c1ccc(-c2ccc(-c3cc(-c4ccc(-c5cccc6c5sc5ccccc56)cc4)nc(-c4ccc5ccccc5c4)n3)cc2)cc1. The fourth-order valence-electron chi connectivity index (χ4n) is 18.9. The average Bonchev–Trinajstić information content (AvgIpc) is 1.57. The number of para-hydroxylation sites is 2. The van der Waals surface area contributed by atoms with Crippen LogP contribution in [-0.4, -0.2) is 29.9 Å². The Morgan fingerprint density at radius 1 is 0.150 bits per heavy atom. The summed E-state index contributed by atoms with van der Waals surface area (Å²) in [4.78, 5) is 30.7. The summed E-state index contributed by atoms with van der Waals surface area (Å²) < 4.78 is 8.97. The van der Waals surface area contributed by atoms with Gasteiger partial charge < -0.3 is 4.42 Å². The maximum absolute atomic E-state index is 6.33. The van der Waals surface area contributed by atoms with Crippen molar-refractivity contribution in [2.45, 2.75) is 0 Å². The van der Waals surface area contributed by atoms with Crippen molar-refractivity contribution in [2.75, 3.05) is 0 Å². The van der Waals surface area contributed by atoms with E-state index in [1.807, 2.05) is 41.7 Å². The van der Waals surface area contributed by atoms with Crippen LogP contribution in [0.25, 0.3) is 254 Å². The zero-order valence-electron chi connectivity index (χ0n) is 76.2. The third kappa shape index (κ3) is 17.6. The number of fused-ring (bicyclic) bond motifs is 9. The molecule has 0 bridgehead atoms. The van der Waals surface area contributed by atoms with Crippen molar-refractivity contribution in [3.05, 3.63) is 522 Å². The molecule has 0 aliphatic carbocycles. The smallest absolute Gasteiger partial charge is 0.160 e. The highest BCUT2D eigenvalue weighted by Crippen LogP contribution is 2.44. The predicted octanol–water partition coefficient (Wildman–Crippen LogP) is 35.8. The van der Waals surface area contributed by atoms with E-state index in [0.717, 1.165) is 129 Å². The first-order valence-corrected chi connectivity index (χ1v) is 48.0. The van der Waals surface area contributed by atoms with E-state index in [1.165, 1.54) is 114 Å². The van der Waals surface area contributed by atoms with Gasteiger partial charge in [-0.1, -0.05) is 467 Å². The molecule has 0 saturated heterocycles. The Hall–Kier alpha value is -18.3. The van der Waals surface area contributed by atoms with Crippen LogP contribution in [0.4, 0.5) is 0 Å². The van der Waals surface area contributed by atoms with Crippen LogP contribution in [0.15, 0.2) is 526 Å². The van der Waals surface area contributed by atoms with E-state index in [9.17, 15) is 0 Å². The number of rotatable bonds is 16. The van der Waals surface area contributed by atoms with Gasteiger partial charge in [-0.3, -0.25) is 0 Å². The molecular formula is C132H86N6OS. The summed E-state index contributed by atoms with van der Waals surface area (Å²) in [5, 5.41) is 12.0. The van der Waals surface area contributed by atoms with Gasteiger partial charge in [0.1, 0.15) is 11.2 Å². The van der Waals surface area contributed by atoms with Crippen LogP contribution in [0.3, 0.4) is 0 Å². The van der Waals surface area contributed by atoms with Crippen LogP contribution in [0.2, 0.25) is 0 Å². The average molecular weight is 1800 g/mol. The highest BCUT2D eigenvalue weighted by molar-refractivity contribution is 7.26. The Labute approximate surface area is 815 Å². The zero-order chi connectivity index (χ0) is 93.0. The maximum Gasteiger partial charge on any atom is 0.160 e. The van der Waals surface area contributed by atoms with Gasteiger partial charge in [-0.15, -0.1) is 11.3 Å². The number of hydrogen-bond acceptors (Lipinski definition) is 8. The van der Waals surface area contributed by atoms with Crippen LogP contribution >= 0.6 is 11.3 Å². The van der Waals surface area contributed by atoms with Crippen molar-refractivity contribution in [1.29, 1.82) is 0 Å². The van der Waals surface area contributed by atoms with Crippen molar-refractivity contribution >= 4 is 85.8 Å². The summed E-state index contributed by atoms with van der Waals surface area (Å²) in [5.41, 5.74) is 33.0. The Morgan fingerprint density at radius 2 is 0.407 bits per heavy atom. The van der Waals surface area contributed by atoms with Crippen LogP contribution in [0, 0.1) is 0 Å². The Balaban J connectivity index is 0.000000114. The fraction of sp³-hybridized carbons (Fsp3) is 0. The number of hydrogen-bond donors (Lipinski definition) is 0. The van der Waals surface area contributed by atoms with E-state index in [0.29, 0.717) is 11.6 Å². The van der Waals surface area contributed by atoms with E-state index < -0.39 is 0 Å². The largest absolute Gasteiger partial charge is 0.455 e. The van der Waals surface area contributed by atoms with E-state index in [2.05, 4.69) is 491 Å². The van der Waals surface area contributed by atoms with Crippen molar-refractivity contribution in [1.82, 2.24) is 29.9 Å².